The van der Waals surface area contributed by atoms with Gasteiger partial charge in [-0.3, -0.25) is 14.4 Å². The van der Waals surface area contributed by atoms with Crippen LogP contribution >= 0.6 is 0 Å². The first-order chi connectivity index (χ1) is 16.7. The molecule has 1 rings (SSSR count). The summed E-state index contributed by atoms with van der Waals surface area (Å²) in [5.41, 5.74) is -1.29. The van der Waals surface area contributed by atoms with Crippen molar-refractivity contribution in [3.63, 3.8) is 0 Å². The summed E-state index contributed by atoms with van der Waals surface area (Å²) in [7, 11) is 1.28. The second-order valence-electron chi connectivity index (χ2n) is 9.97. The minimum atomic E-state index is -1.29. The van der Waals surface area contributed by atoms with E-state index in [4.69, 9.17) is 9.47 Å². The molecule has 0 bridgehead atoms. The number of carbonyl (C=O) groups is 4. The van der Waals surface area contributed by atoms with Crippen LogP contribution in [0, 0.1) is 11.8 Å². The fourth-order valence-electron chi connectivity index (χ4n) is 4.95. The molecule has 7 nitrogen and oxygen atoms in total. The highest BCUT2D eigenvalue weighted by Crippen LogP contribution is 2.35. The van der Waals surface area contributed by atoms with E-state index in [0.717, 1.165) is 38.5 Å². The number of unbranched alkanes of at least 4 members (excludes halogenated alkanes) is 6. The van der Waals surface area contributed by atoms with Gasteiger partial charge in [0.15, 0.2) is 0 Å². The second-order valence-corrected chi connectivity index (χ2v) is 9.97. The van der Waals surface area contributed by atoms with Gasteiger partial charge in [0, 0.05) is 37.6 Å². The first-order valence-corrected chi connectivity index (χ1v) is 13.4. The van der Waals surface area contributed by atoms with E-state index in [1.54, 1.807) is 6.92 Å². The molecule has 0 aromatic heterocycles. The molecule has 1 saturated carbocycles. The lowest BCUT2D eigenvalue weighted by Crippen LogP contribution is -2.40. The van der Waals surface area contributed by atoms with Crippen LogP contribution in [-0.2, 0) is 28.7 Å². The number of rotatable bonds is 17. The molecular formula is C28H47NO6. The lowest BCUT2D eigenvalue weighted by molar-refractivity contribution is -0.178. The van der Waals surface area contributed by atoms with Crippen LogP contribution in [0.4, 0.5) is 0 Å². The highest BCUT2D eigenvalue weighted by Gasteiger charge is 2.41. The molecule has 1 aliphatic carbocycles. The SMILES string of the molecule is CCCCCCC=C[C@H]1[C@H](NC(=O)CCC)CC(=O)[C@@H]1CCCCCC(C)(OC(C)=O)C(=O)OC. The molecular weight excluding hydrogens is 446 g/mol. The van der Waals surface area contributed by atoms with E-state index in [0.29, 0.717) is 25.7 Å². The summed E-state index contributed by atoms with van der Waals surface area (Å²) >= 11 is 0. The first kappa shape index (κ1) is 30.9. The summed E-state index contributed by atoms with van der Waals surface area (Å²) in [5, 5.41) is 3.10. The normalized spacial score (nSPS) is 21.6. The van der Waals surface area contributed by atoms with E-state index in [-0.39, 0.29) is 29.6 Å². The highest BCUT2D eigenvalue weighted by atomic mass is 16.6. The van der Waals surface area contributed by atoms with Crippen LogP contribution < -0.4 is 5.32 Å². The fraction of sp³-hybridized carbons (Fsp3) is 0.786. The molecule has 1 N–H and O–H groups in total. The summed E-state index contributed by atoms with van der Waals surface area (Å²) < 4.78 is 10.0. The number of hydrogen-bond acceptors (Lipinski definition) is 6. The van der Waals surface area contributed by atoms with Crippen molar-refractivity contribution < 1.29 is 28.7 Å². The third kappa shape index (κ3) is 11.0. The molecule has 0 saturated heterocycles. The van der Waals surface area contributed by atoms with Crippen molar-refractivity contribution in [1.29, 1.82) is 0 Å². The molecule has 1 fully saturated rings. The van der Waals surface area contributed by atoms with E-state index >= 15 is 0 Å². The van der Waals surface area contributed by atoms with Gasteiger partial charge >= 0.3 is 11.9 Å². The number of esters is 2. The average Bonchev–Trinajstić information content (AvgIpc) is 3.08. The molecule has 1 aliphatic rings. The summed E-state index contributed by atoms with van der Waals surface area (Å²) in [6, 6.07) is -0.134. The Bertz CT molecular complexity index is 718. The molecule has 0 aromatic carbocycles. The molecule has 4 atom stereocenters. The van der Waals surface area contributed by atoms with Gasteiger partial charge in [-0.15, -0.1) is 0 Å². The molecule has 0 aliphatic heterocycles. The third-order valence-electron chi connectivity index (χ3n) is 6.83. The van der Waals surface area contributed by atoms with Gasteiger partial charge in [0.25, 0.3) is 0 Å². The molecule has 7 heteroatoms. The minimum Gasteiger partial charge on any atom is -0.466 e. The molecule has 0 aromatic rings. The molecule has 0 heterocycles. The zero-order chi connectivity index (χ0) is 26.3. The van der Waals surface area contributed by atoms with E-state index < -0.39 is 17.5 Å². The van der Waals surface area contributed by atoms with Crippen molar-refractivity contribution in [2.45, 2.75) is 123 Å². The predicted octanol–water partition coefficient (Wildman–Crippen LogP) is 5.45. The zero-order valence-electron chi connectivity index (χ0n) is 22.5. The van der Waals surface area contributed by atoms with E-state index in [2.05, 4.69) is 24.4 Å². The van der Waals surface area contributed by atoms with Gasteiger partial charge in [-0.1, -0.05) is 58.1 Å². The Labute approximate surface area is 211 Å². The Kier molecular flexibility index (Phi) is 14.5. The van der Waals surface area contributed by atoms with Crippen molar-refractivity contribution in [1.82, 2.24) is 5.32 Å². The maximum absolute atomic E-state index is 12.9. The highest BCUT2D eigenvalue weighted by molar-refractivity contribution is 5.86. The van der Waals surface area contributed by atoms with Gasteiger partial charge < -0.3 is 14.8 Å². The van der Waals surface area contributed by atoms with Crippen LogP contribution in [0.1, 0.15) is 111 Å². The summed E-state index contributed by atoms with van der Waals surface area (Å²) in [5.74, 6) is -0.930. The topological polar surface area (TPSA) is 98.8 Å². The van der Waals surface area contributed by atoms with Crippen LogP contribution in [0.5, 0.6) is 0 Å². The number of carbonyl (C=O) groups excluding carboxylic acids is 4. The van der Waals surface area contributed by atoms with Crippen molar-refractivity contribution in [3.8, 4) is 0 Å². The molecule has 0 radical (unpaired) electrons. The number of ether oxygens (including phenoxy) is 2. The van der Waals surface area contributed by atoms with Gasteiger partial charge in [-0.2, -0.15) is 0 Å². The molecule has 1 unspecified atom stereocenters. The molecule has 35 heavy (non-hydrogen) atoms. The maximum Gasteiger partial charge on any atom is 0.350 e. The van der Waals surface area contributed by atoms with E-state index in [1.165, 1.54) is 33.3 Å². The van der Waals surface area contributed by atoms with Crippen LogP contribution in [0.15, 0.2) is 12.2 Å². The molecule has 1 amide bonds. The number of allylic oxidation sites excluding steroid dienone is 1. The molecule has 0 spiro atoms. The van der Waals surface area contributed by atoms with Crippen LogP contribution in [0.2, 0.25) is 0 Å². The van der Waals surface area contributed by atoms with Crippen molar-refractivity contribution in [3.05, 3.63) is 12.2 Å². The lowest BCUT2D eigenvalue weighted by atomic mass is 9.87. The van der Waals surface area contributed by atoms with Gasteiger partial charge in [-0.05, 0) is 45.4 Å². The quantitative estimate of drug-likeness (QED) is 0.164. The zero-order valence-corrected chi connectivity index (χ0v) is 22.5. The first-order valence-electron chi connectivity index (χ1n) is 13.4. The van der Waals surface area contributed by atoms with Crippen molar-refractivity contribution >= 4 is 23.6 Å². The Morgan fingerprint density at radius 1 is 1.06 bits per heavy atom. The average molecular weight is 494 g/mol. The van der Waals surface area contributed by atoms with Crippen molar-refractivity contribution in [2.24, 2.45) is 11.8 Å². The Balaban J connectivity index is 2.70. The number of hydrogen-bond donors (Lipinski definition) is 1. The maximum atomic E-state index is 12.9. The Morgan fingerprint density at radius 3 is 2.40 bits per heavy atom. The summed E-state index contributed by atoms with van der Waals surface area (Å²) in [6.45, 7) is 7.02. The van der Waals surface area contributed by atoms with Gasteiger partial charge in [0.05, 0.1) is 7.11 Å². The largest absolute Gasteiger partial charge is 0.466 e. The number of nitrogens with one attached hydrogen (secondary N) is 1. The Hall–Kier alpha value is -2.18. The lowest BCUT2D eigenvalue weighted by Gasteiger charge is -2.26. The van der Waals surface area contributed by atoms with E-state index in [1.807, 2.05) is 6.92 Å². The molecule has 200 valence electrons. The summed E-state index contributed by atoms with van der Waals surface area (Å²) in [4.78, 5) is 48.6. The minimum absolute atomic E-state index is 0.0138. The smallest absolute Gasteiger partial charge is 0.350 e. The monoisotopic (exact) mass is 493 g/mol. The second kappa shape index (κ2) is 16.5. The van der Waals surface area contributed by atoms with Gasteiger partial charge in [0.2, 0.25) is 11.5 Å². The van der Waals surface area contributed by atoms with E-state index in [9.17, 15) is 19.2 Å². The van der Waals surface area contributed by atoms with Crippen molar-refractivity contribution in [2.75, 3.05) is 7.11 Å². The van der Waals surface area contributed by atoms with Gasteiger partial charge in [0.1, 0.15) is 5.78 Å². The van der Waals surface area contributed by atoms with Crippen LogP contribution in [-0.4, -0.2) is 42.4 Å². The van der Waals surface area contributed by atoms with Crippen LogP contribution in [0.3, 0.4) is 0 Å². The Morgan fingerprint density at radius 2 is 1.77 bits per heavy atom. The standard InChI is InChI=1S/C28H47NO6/c1-6-8-9-10-11-13-17-22-23(25(31)20-24(22)29-26(32)16-7-2)18-14-12-15-19-28(4,27(33)34-5)35-21(3)30/h13,17,22-24H,6-12,14-16,18-20H2,1-5H3,(H,29,32)/t22-,23-,24-,28?/m1/s1. The number of ketones is 1. The van der Waals surface area contributed by atoms with Gasteiger partial charge in [-0.25, -0.2) is 4.79 Å². The predicted molar refractivity (Wildman–Crippen MR) is 137 cm³/mol. The van der Waals surface area contributed by atoms with Crippen LogP contribution in [0.25, 0.3) is 0 Å². The summed E-state index contributed by atoms with van der Waals surface area (Å²) in [6.07, 6.45) is 15.2. The third-order valence-corrected chi connectivity index (χ3v) is 6.83. The number of Topliss-reactive ketones (excluding diaryl/α,β-unsaturated/α-hetero) is 1. The number of methoxy groups -OCH3 is 1. The number of amides is 1. The fourth-order valence-corrected chi connectivity index (χ4v) is 4.95.